The van der Waals surface area contributed by atoms with Crippen LogP contribution in [0.25, 0.3) is 10.8 Å². The summed E-state index contributed by atoms with van der Waals surface area (Å²) in [4.78, 5) is 17.8. The molecular weight excluding hydrogens is 357 g/mol. The van der Waals surface area contributed by atoms with Gasteiger partial charge in [-0.15, -0.1) is 36.2 Å². The molecule has 2 aromatic rings. The fourth-order valence-corrected chi connectivity index (χ4v) is 3.47. The second-order valence-corrected chi connectivity index (χ2v) is 6.57. The number of hydrogen-bond donors (Lipinski definition) is 2. The molecule has 1 amide bonds. The number of aryl methyl sites for hydroxylation is 1. The van der Waals surface area contributed by atoms with Gasteiger partial charge in [-0.25, -0.2) is 4.98 Å². The van der Waals surface area contributed by atoms with Gasteiger partial charge in [-0.2, -0.15) is 0 Å². The summed E-state index contributed by atoms with van der Waals surface area (Å²) in [7, 11) is 0. The second kappa shape index (κ2) is 8.68. The Hall–Kier alpha value is -1.08. The van der Waals surface area contributed by atoms with Crippen LogP contribution in [0.2, 0.25) is 0 Å². The predicted octanol–water partition coefficient (Wildman–Crippen LogP) is 3.43. The van der Waals surface area contributed by atoms with Crippen LogP contribution in [0, 0.1) is 6.92 Å². The summed E-state index contributed by atoms with van der Waals surface area (Å²) in [6, 6.07) is 4.14. The van der Waals surface area contributed by atoms with Crippen LogP contribution in [0.5, 0.6) is 0 Å². The normalized spacial score (nSPS) is 20.3. The van der Waals surface area contributed by atoms with E-state index in [9.17, 15) is 4.79 Å². The van der Waals surface area contributed by atoms with E-state index < -0.39 is 0 Å². The van der Waals surface area contributed by atoms with E-state index in [4.69, 9.17) is 4.42 Å². The Morgan fingerprint density at radius 2 is 2.26 bits per heavy atom. The maximum Gasteiger partial charge on any atom is 0.271 e. The van der Waals surface area contributed by atoms with E-state index in [2.05, 4.69) is 22.5 Å². The summed E-state index contributed by atoms with van der Waals surface area (Å²) in [5.74, 6) is 0.608. The molecule has 0 radical (unpaired) electrons. The van der Waals surface area contributed by atoms with Gasteiger partial charge >= 0.3 is 0 Å². The zero-order chi connectivity index (χ0) is 14.8. The van der Waals surface area contributed by atoms with Gasteiger partial charge in [0.05, 0.1) is 6.26 Å². The molecule has 5 nitrogen and oxygen atoms in total. The van der Waals surface area contributed by atoms with Crippen molar-refractivity contribution in [1.29, 1.82) is 0 Å². The molecule has 0 aliphatic carbocycles. The van der Waals surface area contributed by atoms with E-state index >= 15 is 0 Å². The minimum atomic E-state index is -0.0953. The molecule has 8 heteroatoms. The van der Waals surface area contributed by atoms with Crippen molar-refractivity contribution in [2.75, 3.05) is 6.54 Å². The molecule has 2 N–H and O–H groups in total. The van der Waals surface area contributed by atoms with Crippen molar-refractivity contribution in [2.24, 2.45) is 0 Å². The zero-order valence-electron chi connectivity index (χ0n) is 13.0. The average molecular weight is 378 g/mol. The lowest BCUT2D eigenvalue weighted by Gasteiger charge is -2.30. The standard InChI is InChI=1S/C15H19N3O2S.2ClH/c1-9-11(5-3-7-16-9)17-14(19)13-10(2)21-15(18-13)12-6-4-8-20-12;;/h4,6,8-9,11,16H,3,5,7H2,1-2H3,(H,17,19);2*1H. The molecule has 128 valence electrons. The molecule has 1 fully saturated rings. The molecular formula is C15H21Cl2N3O2S. The SMILES string of the molecule is Cc1sc(-c2ccco2)nc1C(=O)NC1CCCNC1C.Cl.Cl. The van der Waals surface area contributed by atoms with Crippen molar-refractivity contribution in [3.05, 3.63) is 29.0 Å². The van der Waals surface area contributed by atoms with Gasteiger partial charge < -0.3 is 15.1 Å². The van der Waals surface area contributed by atoms with Crippen LogP contribution in [0.1, 0.15) is 35.1 Å². The highest BCUT2D eigenvalue weighted by Crippen LogP contribution is 2.28. The Kier molecular flexibility index (Phi) is 7.54. The van der Waals surface area contributed by atoms with Gasteiger partial charge in [0, 0.05) is 17.0 Å². The topological polar surface area (TPSA) is 67.2 Å². The number of thiazole rings is 1. The Morgan fingerprint density at radius 1 is 1.48 bits per heavy atom. The van der Waals surface area contributed by atoms with Crippen LogP contribution >= 0.6 is 36.2 Å². The number of amides is 1. The number of carbonyl (C=O) groups is 1. The van der Waals surface area contributed by atoms with E-state index in [1.807, 2.05) is 19.1 Å². The Balaban J connectivity index is 0.00000132. The largest absolute Gasteiger partial charge is 0.462 e. The quantitative estimate of drug-likeness (QED) is 0.859. The molecule has 2 unspecified atom stereocenters. The van der Waals surface area contributed by atoms with Crippen molar-refractivity contribution < 1.29 is 9.21 Å². The summed E-state index contributed by atoms with van der Waals surface area (Å²) in [5, 5.41) is 7.23. The third-order valence-electron chi connectivity index (χ3n) is 3.82. The number of carbonyl (C=O) groups excluding carboxylic acids is 1. The van der Waals surface area contributed by atoms with Crippen LogP contribution in [-0.2, 0) is 0 Å². The number of nitrogens with one attached hydrogen (secondary N) is 2. The van der Waals surface area contributed by atoms with Crippen molar-refractivity contribution in [3.63, 3.8) is 0 Å². The van der Waals surface area contributed by atoms with Crippen LogP contribution in [-0.4, -0.2) is 29.5 Å². The number of nitrogens with zero attached hydrogens (tertiary/aromatic N) is 1. The van der Waals surface area contributed by atoms with Crippen LogP contribution in [0.3, 0.4) is 0 Å². The minimum Gasteiger partial charge on any atom is -0.462 e. The number of rotatable bonds is 3. The molecule has 1 aliphatic rings. The summed E-state index contributed by atoms with van der Waals surface area (Å²) >= 11 is 1.48. The molecule has 0 spiro atoms. The van der Waals surface area contributed by atoms with Gasteiger partial charge in [-0.3, -0.25) is 4.79 Å². The number of aromatic nitrogens is 1. The lowest BCUT2D eigenvalue weighted by atomic mass is 10.00. The summed E-state index contributed by atoms with van der Waals surface area (Å²) < 4.78 is 5.34. The highest BCUT2D eigenvalue weighted by Gasteiger charge is 2.25. The summed E-state index contributed by atoms with van der Waals surface area (Å²) in [6.07, 6.45) is 3.71. The molecule has 1 saturated heterocycles. The Labute approximate surface area is 152 Å². The van der Waals surface area contributed by atoms with Crippen LogP contribution in [0.4, 0.5) is 0 Å². The van der Waals surface area contributed by atoms with Gasteiger partial charge in [0.2, 0.25) is 0 Å². The maximum absolute atomic E-state index is 12.4. The predicted molar refractivity (Wildman–Crippen MR) is 97.0 cm³/mol. The summed E-state index contributed by atoms with van der Waals surface area (Å²) in [6.45, 7) is 5.04. The number of furan rings is 1. The average Bonchev–Trinajstić information content (AvgIpc) is 3.10. The van der Waals surface area contributed by atoms with Gasteiger partial charge in [0.1, 0.15) is 5.69 Å². The highest BCUT2D eigenvalue weighted by molar-refractivity contribution is 7.15. The van der Waals surface area contributed by atoms with Gasteiger partial charge in [-0.05, 0) is 45.4 Å². The van der Waals surface area contributed by atoms with E-state index in [0.717, 1.165) is 29.3 Å². The first-order valence-electron chi connectivity index (χ1n) is 7.20. The van der Waals surface area contributed by atoms with Gasteiger partial charge in [0.15, 0.2) is 10.8 Å². The van der Waals surface area contributed by atoms with E-state index in [1.54, 1.807) is 6.26 Å². The van der Waals surface area contributed by atoms with E-state index in [1.165, 1.54) is 11.3 Å². The van der Waals surface area contributed by atoms with E-state index in [0.29, 0.717) is 17.5 Å². The lowest BCUT2D eigenvalue weighted by Crippen LogP contribution is -2.52. The van der Waals surface area contributed by atoms with Crippen molar-refractivity contribution in [1.82, 2.24) is 15.6 Å². The second-order valence-electron chi connectivity index (χ2n) is 5.37. The smallest absolute Gasteiger partial charge is 0.271 e. The first-order chi connectivity index (χ1) is 10.1. The van der Waals surface area contributed by atoms with Crippen LogP contribution < -0.4 is 10.6 Å². The number of hydrogen-bond acceptors (Lipinski definition) is 5. The first-order valence-corrected chi connectivity index (χ1v) is 8.02. The number of halogens is 2. The Bertz CT molecular complexity index is 631. The summed E-state index contributed by atoms with van der Waals surface area (Å²) in [5.41, 5.74) is 0.504. The fourth-order valence-electron chi connectivity index (χ4n) is 2.59. The first kappa shape index (κ1) is 20.0. The van der Waals surface area contributed by atoms with Crippen molar-refractivity contribution >= 4 is 42.1 Å². The molecule has 0 bridgehead atoms. The molecule has 2 aromatic heterocycles. The van der Waals surface area contributed by atoms with E-state index in [-0.39, 0.29) is 36.8 Å². The van der Waals surface area contributed by atoms with Gasteiger partial charge in [-0.1, -0.05) is 0 Å². The van der Waals surface area contributed by atoms with Gasteiger partial charge in [0.25, 0.3) is 5.91 Å². The molecule has 1 aliphatic heterocycles. The van der Waals surface area contributed by atoms with Crippen molar-refractivity contribution in [3.8, 4) is 10.8 Å². The zero-order valence-corrected chi connectivity index (χ0v) is 15.4. The van der Waals surface area contributed by atoms with Crippen molar-refractivity contribution in [2.45, 2.75) is 38.8 Å². The number of piperidine rings is 1. The molecule has 3 heterocycles. The third kappa shape index (κ3) is 4.47. The lowest BCUT2D eigenvalue weighted by molar-refractivity contribution is 0.0915. The monoisotopic (exact) mass is 377 g/mol. The highest BCUT2D eigenvalue weighted by atomic mass is 35.5. The molecule has 23 heavy (non-hydrogen) atoms. The Morgan fingerprint density at radius 3 is 2.91 bits per heavy atom. The molecule has 0 saturated carbocycles. The van der Waals surface area contributed by atoms with Crippen LogP contribution in [0.15, 0.2) is 22.8 Å². The fraction of sp³-hybridized carbons (Fsp3) is 0.467. The molecule has 3 rings (SSSR count). The maximum atomic E-state index is 12.4. The third-order valence-corrected chi connectivity index (χ3v) is 4.81. The molecule has 0 aromatic carbocycles. The minimum absolute atomic E-state index is 0. The molecule has 2 atom stereocenters.